The predicted octanol–water partition coefficient (Wildman–Crippen LogP) is 2.58. The van der Waals surface area contributed by atoms with Crippen LogP contribution in [0.3, 0.4) is 0 Å². The maximum atomic E-state index is 13.2. The highest BCUT2D eigenvalue weighted by Crippen LogP contribution is 2.30. The van der Waals surface area contributed by atoms with Crippen molar-refractivity contribution < 1.29 is 17.9 Å². The number of benzene rings is 1. The summed E-state index contributed by atoms with van der Waals surface area (Å²) in [5.41, 5.74) is 2.21. The largest absolute Gasteiger partial charge is 0.493 e. The molecule has 1 fully saturated rings. The first kappa shape index (κ1) is 22.2. The molecular weight excluding hydrogens is 449 g/mol. The number of hydrogen-bond donors (Lipinski definition) is 0. The summed E-state index contributed by atoms with van der Waals surface area (Å²) in [7, 11) is 1.91. The van der Waals surface area contributed by atoms with Crippen LogP contribution < -0.4 is 9.64 Å². The molecule has 34 heavy (non-hydrogen) atoms. The van der Waals surface area contributed by atoms with Crippen molar-refractivity contribution in [2.45, 2.75) is 25.4 Å². The Balaban J connectivity index is 1.16. The molecule has 0 N–H and O–H groups in total. The third-order valence-electron chi connectivity index (χ3n) is 6.14. The lowest BCUT2D eigenvalue weighted by Gasteiger charge is -2.38. The number of amidine groups is 1. The van der Waals surface area contributed by atoms with Crippen LogP contribution in [0.15, 0.2) is 41.6 Å². The first-order valence-corrected chi connectivity index (χ1v) is 11.2. The molecule has 4 heterocycles. The Labute approximate surface area is 194 Å². The number of anilines is 1. The number of hydrogen-bond acceptors (Lipinski definition) is 7. The van der Waals surface area contributed by atoms with Gasteiger partial charge in [-0.3, -0.25) is 4.68 Å². The fourth-order valence-electron chi connectivity index (χ4n) is 4.26. The number of piperazine rings is 1. The van der Waals surface area contributed by atoms with E-state index in [1.165, 1.54) is 0 Å². The summed E-state index contributed by atoms with van der Waals surface area (Å²) in [4.78, 5) is 4.31. The second-order valence-corrected chi connectivity index (χ2v) is 8.28. The van der Waals surface area contributed by atoms with Gasteiger partial charge in [0.15, 0.2) is 5.82 Å². The van der Waals surface area contributed by atoms with E-state index in [1.54, 1.807) is 6.20 Å². The number of ether oxygens (including phenoxy) is 1. The molecule has 2 aliphatic rings. The highest BCUT2D eigenvalue weighted by atomic mass is 19.4. The normalized spacial score (nSPS) is 16.4. The SMILES string of the molecule is Cn1nccc1CCOc1ccc(N2CCN(C3=Nn4c(nnc4C(F)(F)F)CC3)CC2)cc1. The van der Waals surface area contributed by atoms with Gasteiger partial charge in [0.2, 0.25) is 0 Å². The van der Waals surface area contributed by atoms with Gasteiger partial charge in [-0.25, -0.2) is 0 Å². The maximum Gasteiger partial charge on any atom is 0.453 e. The minimum atomic E-state index is -4.58. The molecular formula is C22H25F3N8O. The summed E-state index contributed by atoms with van der Waals surface area (Å²) >= 11 is 0. The molecule has 0 atom stereocenters. The van der Waals surface area contributed by atoms with Crippen molar-refractivity contribution in [1.29, 1.82) is 0 Å². The third-order valence-corrected chi connectivity index (χ3v) is 6.14. The topological polar surface area (TPSA) is 76.6 Å². The third kappa shape index (κ3) is 4.57. The number of aryl methyl sites for hydroxylation is 2. The van der Waals surface area contributed by atoms with Crippen LogP contribution >= 0.6 is 0 Å². The molecule has 5 rings (SSSR count). The molecule has 0 aliphatic carbocycles. The maximum absolute atomic E-state index is 13.2. The Morgan fingerprint density at radius 3 is 2.35 bits per heavy atom. The number of rotatable bonds is 5. The highest BCUT2D eigenvalue weighted by Gasteiger charge is 2.40. The molecule has 0 saturated carbocycles. The summed E-state index contributed by atoms with van der Waals surface area (Å²) in [5.74, 6) is 0.638. The molecule has 1 aromatic carbocycles. The monoisotopic (exact) mass is 474 g/mol. The average Bonchev–Trinajstić information content (AvgIpc) is 3.45. The van der Waals surface area contributed by atoms with Gasteiger partial charge in [0.25, 0.3) is 5.82 Å². The molecule has 1 saturated heterocycles. The van der Waals surface area contributed by atoms with Crippen molar-refractivity contribution in [2.24, 2.45) is 12.1 Å². The van der Waals surface area contributed by atoms with Gasteiger partial charge >= 0.3 is 6.18 Å². The van der Waals surface area contributed by atoms with Crippen molar-refractivity contribution in [1.82, 2.24) is 29.6 Å². The standard InChI is InChI=1S/C22H25F3N8O/c1-30-16(8-10-26-30)9-15-34-18-4-2-17(3-5-18)31-11-13-32(14-12-31)20-7-6-19-27-28-21(22(23,24)25)33(19)29-20/h2-5,8,10H,6-7,9,11-15H2,1H3. The van der Waals surface area contributed by atoms with Gasteiger partial charge < -0.3 is 14.5 Å². The number of halogens is 3. The van der Waals surface area contributed by atoms with E-state index in [0.717, 1.165) is 41.3 Å². The van der Waals surface area contributed by atoms with E-state index in [0.29, 0.717) is 38.4 Å². The minimum absolute atomic E-state index is 0.248. The zero-order valence-electron chi connectivity index (χ0n) is 18.7. The van der Waals surface area contributed by atoms with Gasteiger partial charge in [-0.2, -0.15) is 28.0 Å². The predicted molar refractivity (Wildman–Crippen MR) is 119 cm³/mol. The second-order valence-electron chi connectivity index (χ2n) is 8.28. The summed E-state index contributed by atoms with van der Waals surface area (Å²) in [5, 5.41) is 15.3. The van der Waals surface area contributed by atoms with Gasteiger partial charge in [0.05, 0.1) is 6.61 Å². The van der Waals surface area contributed by atoms with E-state index < -0.39 is 12.0 Å². The van der Waals surface area contributed by atoms with E-state index in [4.69, 9.17) is 4.74 Å². The van der Waals surface area contributed by atoms with Crippen molar-refractivity contribution >= 4 is 11.5 Å². The Hall–Kier alpha value is -3.57. The molecule has 9 nitrogen and oxygen atoms in total. The first-order valence-electron chi connectivity index (χ1n) is 11.2. The molecule has 0 radical (unpaired) electrons. The Morgan fingerprint density at radius 2 is 1.68 bits per heavy atom. The molecule has 0 amide bonds. The van der Waals surface area contributed by atoms with Gasteiger partial charge in [-0.1, -0.05) is 0 Å². The molecule has 0 bridgehead atoms. The van der Waals surface area contributed by atoms with Gasteiger partial charge in [-0.05, 0) is 30.3 Å². The van der Waals surface area contributed by atoms with Crippen LogP contribution in [0.25, 0.3) is 0 Å². The molecule has 0 spiro atoms. The van der Waals surface area contributed by atoms with Crippen LogP contribution in [-0.4, -0.2) is 68.2 Å². The van der Waals surface area contributed by atoms with Crippen molar-refractivity contribution in [3.63, 3.8) is 0 Å². The summed E-state index contributed by atoms with van der Waals surface area (Å²) in [6.07, 6.45) is -1.07. The number of aromatic nitrogens is 5. The second kappa shape index (κ2) is 8.99. The van der Waals surface area contributed by atoms with E-state index in [2.05, 4.69) is 30.2 Å². The molecule has 2 aliphatic heterocycles. The summed E-state index contributed by atoms with van der Waals surface area (Å²) < 4.78 is 48.0. The summed E-state index contributed by atoms with van der Waals surface area (Å²) in [6.45, 7) is 3.44. The van der Waals surface area contributed by atoms with Crippen LogP contribution in [0.2, 0.25) is 0 Å². The van der Waals surface area contributed by atoms with Gasteiger partial charge in [0, 0.05) is 70.1 Å². The number of alkyl halides is 3. The zero-order chi connectivity index (χ0) is 23.7. The molecule has 3 aromatic rings. The smallest absolute Gasteiger partial charge is 0.453 e. The quantitative estimate of drug-likeness (QED) is 0.566. The molecule has 180 valence electrons. The minimum Gasteiger partial charge on any atom is -0.493 e. The molecule has 12 heteroatoms. The number of nitrogens with zero attached hydrogens (tertiary/aromatic N) is 8. The van der Waals surface area contributed by atoms with E-state index in [9.17, 15) is 13.2 Å². The Bertz CT molecular complexity index is 1160. The molecule has 0 unspecified atom stereocenters. The van der Waals surface area contributed by atoms with Crippen molar-refractivity contribution in [2.75, 3.05) is 37.7 Å². The fraction of sp³-hybridized carbons (Fsp3) is 0.455. The zero-order valence-corrected chi connectivity index (χ0v) is 18.7. The van der Waals surface area contributed by atoms with Crippen molar-refractivity contribution in [3.8, 4) is 5.75 Å². The van der Waals surface area contributed by atoms with Gasteiger partial charge in [0.1, 0.15) is 11.6 Å². The fourth-order valence-corrected chi connectivity index (χ4v) is 4.26. The van der Waals surface area contributed by atoms with E-state index >= 15 is 0 Å². The van der Waals surface area contributed by atoms with E-state index in [1.807, 2.05) is 42.1 Å². The van der Waals surface area contributed by atoms with Crippen LogP contribution in [0, 0.1) is 0 Å². The average molecular weight is 474 g/mol. The Morgan fingerprint density at radius 1 is 0.941 bits per heavy atom. The molecule has 2 aromatic heterocycles. The lowest BCUT2D eigenvalue weighted by atomic mass is 10.2. The van der Waals surface area contributed by atoms with Crippen LogP contribution in [0.1, 0.15) is 23.8 Å². The Kier molecular flexibility index (Phi) is 5.88. The first-order chi connectivity index (χ1) is 16.4. The lowest BCUT2D eigenvalue weighted by molar-refractivity contribution is -0.147. The number of fused-ring (bicyclic) bond motifs is 1. The van der Waals surface area contributed by atoms with Crippen LogP contribution in [0.5, 0.6) is 5.75 Å². The van der Waals surface area contributed by atoms with Crippen LogP contribution in [-0.2, 0) is 26.1 Å². The summed E-state index contributed by atoms with van der Waals surface area (Å²) in [6, 6.07) is 9.97. The van der Waals surface area contributed by atoms with E-state index in [-0.39, 0.29) is 5.82 Å². The highest BCUT2D eigenvalue weighted by molar-refractivity contribution is 5.83. The van der Waals surface area contributed by atoms with Gasteiger partial charge in [-0.15, -0.1) is 10.2 Å². The lowest BCUT2D eigenvalue weighted by Crippen LogP contribution is -2.49. The van der Waals surface area contributed by atoms with Crippen LogP contribution in [0.4, 0.5) is 18.9 Å². The van der Waals surface area contributed by atoms with Crippen molar-refractivity contribution in [3.05, 3.63) is 53.9 Å².